The normalized spacial score (nSPS) is 16.2. The molecule has 7 heteroatoms. The molecule has 1 N–H and O–H groups in total. The van der Waals surface area contributed by atoms with Gasteiger partial charge in [-0.2, -0.15) is 0 Å². The van der Waals surface area contributed by atoms with Crippen molar-refractivity contribution < 1.29 is 18.7 Å². The van der Waals surface area contributed by atoms with Crippen LogP contribution in [0.1, 0.15) is 12.0 Å². The Hall–Kier alpha value is -3.61. The number of para-hydroxylation sites is 1. The number of anilines is 1. The van der Waals surface area contributed by atoms with E-state index in [-0.39, 0.29) is 18.2 Å². The minimum Gasteiger partial charge on any atom is -0.496 e. The SMILES string of the molecule is COc1ccccc1CN1C[C@H](C(=O)Nc2ccc3oc(=O)ccc3c2)CC1=O. The van der Waals surface area contributed by atoms with E-state index in [9.17, 15) is 14.4 Å². The number of hydrogen-bond donors (Lipinski definition) is 1. The van der Waals surface area contributed by atoms with E-state index in [4.69, 9.17) is 9.15 Å². The third kappa shape index (κ3) is 3.99. The second-order valence-corrected chi connectivity index (χ2v) is 6.98. The summed E-state index contributed by atoms with van der Waals surface area (Å²) in [4.78, 5) is 38.0. The van der Waals surface area contributed by atoms with Crippen LogP contribution in [0, 0.1) is 5.92 Å². The molecule has 1 aliphatic rings. The lowest BCUT2D eigenvalue weighted by Gasteiger charge is -2.18. The van der Waals surface area contributed by atoms with E-state index in [2.05, 4.69) is 5.32 Å². The van der Waals surface area contributed by atoms with Crippen LogP contribution in [0.15, 0.2) is 63.8 Å². The summed E-state index contributed by atoms with van der Waals surface area (Å²) in [5, 5.41) is 3.57. The topological polar surface area (TPSA) is 88.8 Å². The zero-order valence-corrected chi connectivity index (χ0v) is 15.9. The average molecular weight is 392 g/mol. The van der Waals surface area contributed by atoms with Crippen molar-refractivity contribution in [1.82, 2.24) is 4.90 Å². The van der Waals surface area contributed by atoms with Crippen LogP contribution < -0.4 is 15.7 Å². The van der Waals surface area contributed by atoms with Gasteiger partial charge in [-0.05, 0) is 30.3 Å². The molecule has 29 heavy (non-hydrogen) atoms. The second-order valence-electron chi connectivity index (χ2n) is 6.98. The molecule has 4 rings (SSSR count). The highest BCUT2D eigenvalue weighted by atomic mass is 16.5. The van der Waals surface area contributed by atoms with Crippen LogP contribution in [0.4, 0.5) is 5.69 Å². The van der Waals surface area contributed by atoms with E-state index in [1.165, 1.54) is 6.07 Å². The maximum Gasteiger partial charge on any atom is 0.336 e. The van der Waals surface area contributed by atoms with Gasteiger partial charge in [-0.25, -0.2) is 4.79 Å². The number of nitrogens with one attached hydrogen (secondary N) is 1. The lowest BCUT2D eigenvalue weighted by Crippen LogP contribution is -2.28. The van der Waals surface area contributed by atoms with Crippen molar-refractivity contribution >= 4 is 28.5 Å². The molecule has 148 valence electrons. The van der Waals surface area contributed by atoms with E-state index in [0.717, 1.165) is 11.3 Å². The van der Waals surface area contributed by atoms with Gasteiger partial charge in [0.1, 0.15) is 11.3 Å². The van der Waals surface area contributed by atoms with Gasteiger partial charge in [-0.1, -0.05) is 18.2 Å². The fraction of sp³-hybridized carbons (Fsp3) is 0.227. The zero-order valence-electron chi connectivity index (χ0n) is 15.9. The molecule has 1 atom stereocenters. The van der Waals surface area contributed by atoms with Gasteiger partial charge in [0.25, 0.3) is 0 Å². The Morgan fingerprint density at radius 3 is 2.83 bits per heavy atom. The summed E-state index contributed by atoms with van der Waals surface area (Å²) < 4.78 is 10.4. The predicted octanol–water partition coefficient (Wildman–Crippen LogP) is 2.79. The van der Waals surface area contributed by atoms with Gasteiger partial charge in [0.05, 0.1) is 13.0 Å². The van der Waals surface area contributed by atoms with Crippen LogP contribution >= 0.6 is 0 Å². The summed E-state index contributed by atoms with van der Waals surface area (Å²) in [6, 6.07) is 15.6. The van der Waals surface area contributed by atoms with E-state index in [1.54, 1.807) is 36.3 Å². The monoisotopic (exact) mass is 392 g/mol. The molecule has 0 radical (unpaired) electrons. The van der Waals surface area contributed by atoms with Crippen LogP contribution in [0.5, 0.6) is 5.75 Å². The summed E-state index contributed by atoms with van der Waals surface area (Å²) in [6.07, 6.45) is 0.170. The highest BCUT2D eigenvalue weighted by molar-refractivity contribution is 5.98. The maximum atomic E-state index is 12.7. The van der Waals surface area contributed by atoms with Gasteiger partial charge >= 0.3 is 5.63 Å². The average Bonchev–Trinajstić information content (AvgIpc) is 3.09. The van der Waals surface area contributed by atoms with Crippen molar-refractivity contribution in [3.63, 3.8) is 0 Å². The molecule has 2 aromatic carbocycles. The van der Waals surface area contributed by atoms with Gasteiger partial charge in [-0.15, -0.1) is 0 Å². The number of amides is 2. The van der Waals surface area contributed by atoms with Crippen LogP contribution in [-0.2, 0) is 16.1 Å². The van der Waals surface area contributed by atoms with Crippen molar-refractivity contribution in [2.24, 2.45) is 5.92 Å². The molecule has 1 fully saturated rings. The summed E-state index contributed by atoms with van der Waals surface area (Å²) >= 11 is 0. The molecule has 2 amide bonds. The maximum absolute atomic E-state index is 12.7. The molecule has 0 saturated carbocycles. The summed E-state index contributed by atoms with van der Waals surface area (Å²) in [5.74, 6) is 0.0200. The van der Waals surface area contributed by atoms with Crippen molar-refractivity contribution in [2.75, 3.05) is 19.0 Å². The number of likely N-dealkylation sites (tertiary alicyclic amines) is 1. The predicted molar refractivity (Wildman–Crippen MR) is 108 cm³/mol. The molecule has 0 spiro atoms. The lowest BCUT2D eigenvalue weighted by atomic mass is 10.1. The van der Waals surface area contributed by atoms with Crippen LogP contribution in [0.2, 0.25) is 0 Å². The van der Waals surface area contributed by atoms with Gasteiger partial charge < -0.3 is 19.4 Å². The molecule has 2 heterocycles. The first-order valence-electron chi connectivity index (χ1n) is 9.28. The zero-order chi connectivity index (χ0) is 20.4. The summed E-state index contributed by atoms with van der Waals surface area (Å²) in [7, 11) is 1.59. The number of carbonyl (C=O) groups is 2. The summed E-state index contributed by atoms with van der Waals surface area (Å²) in [6.45, 7) is 0.757. The molecule has 1 saturated heterocycles. The van der Waals surface area contributed by atoms with Gasteiger partial charge in [0.2, 0.25) is 11.8 Å². The first-order chi connectivity index (χ1) is 14.0. The Bertz CT molecular complexity index is 1140. The van der Waals surface area contributed by atoms with E-state index < -0.39 is 11.5 Å². The Morgan fingerprint density at radius 2 is 2.00 bits per heavy atom. The van der Waals surface area contributed by atoms with Gasteiger partial charge in [0, 0.05) is 42.2 Å². The van der Waals surface area contributed by atoms with E-state index >= 15 is 0 Å². The third-order valence-corrected chi connectivity index (χ3v) is 5.03. The van der Waals surface area contributed by atoms with Crippen molar-refractivity contribution in [3.8, 4) is 5.75 Å². The Labute approximate surface area is 166 Å². The summed E-state index contributed by atoms with van der Waals surface area (Å²) in [5.41, 5.74) is 1.52. The first-order valence-corrected chi connectivity index (χ1v) is 9.28. The number of methoxy groups -OCH3 is 1. The van der Waals surface area contributed by atoms with Crippen LogP contribution in [0.25, 0.3) is 11.0 Å². The molecular formula is C22H20N2O5. The highest BCUT2D eigenvalue weighted by Gasteiger charge is 2.34. The Balaban J connectivity index is 1.44. The number of hydrogen-bond acceptors (Lipinski definition) is 5. The molecule has 7 nitrogen and oxygen atoms in total. The number of ether oxygens (including phenoxy) is 1. The quantitative estimate of drug-likeness (QED) is 0.675. The van der Waals surface area contributed by atoms with E-state index in [0.29, 0.717) is 29.7 Å². The number of fused-ring (bicyclic) bond motifs is 1. The van der Waals surface area contributed by atoms with E-state index in [1.807, 2.05) is 24.3 Å². The molecule has 0 bridgehead atoms. The standard InChI is InChI=1S/C22H20N2O5/c1-28-18-5-3-2-4-15(18)12-24-13-16(11-20(24)25)22(27)23-17-7-8-19-14(10-17)6-9-21(26)29-19/h2-10,16H,11-13H2,1H3,(H,23,27)/t16-/m1/s1. The van der Waals surface area contributed by atoms with Crippen molar-refractivity contribution in [1.29, 1.82) is 0 Å². The molecule has 0 aliphatic carbocycles. The Morgan fingerprint density at radius 1 is 1.17 bits per heavy atom. The fourth-order valence-electron chi connectivity index (χ4n) is 3.53. The largest absolute Gasteiger partial charge is 0.496 e. The Kier molecular flexibility index (Phi) is 5.03. The lowest BCUT2D eigenvalue weighted by molar-refractivity contribution is -0.128. The van der Waals surface area contributed by atoms with Crippen LogP contribution in [0.3, 0.4) is 0 Å². The smallest absolute Gasteiger partial charge is 0.336 e. The molecule has 0 unspecified atom stereocenters. The number of carbonyl (C=O) groups excluding carboxylic acids is 2. The molecule has 3 aromatic rings. The number of benzene rings is 2. The van der Waals surface area contributed by atoms with Crippen molar-refractivity contribution in [2.45, 2.75) is 13.0 Å². The number of rotatable bonds is 5. The van der Waals surface area contributed by atoms with Gasteiger partial charge in [-0.3, -0.25) is 9.59 Å². The molecular weight excluding hydrogens is 372 g/mol. The fourth-order valence-corrected chi connectivity index (χ4v) is 3.53. The molecule has 1 aromatic heterocycles. The first kappa shape index (κ1) is 18.7. The third-order valence-electron chi connectivity index (χ3n) is 5.03. The number of nitrogens with zero attached hydrogens (tertiary/aromatic N) is 1. The minimum absolute atomic E-state index is 0.0589. The van der Waals surface area contributed by atoms with Crippen LogP contribution in [-0.4, -0.2) is 30.4 Å². The van der Waals surface area contributed by atoms with Crippen molar-refractivity contribution in [3.05, 3.63) is 70.6 Å². The van der Waals surface area contributed by atoms with Gasteiger partial charge in [0.15, 0.2) is 0 Å². The second kappa shape index (κ2) is 7.79. The highest BCUT2D eigenvalue weighted by Crippen LogP contribution is 2.26. The molecule has 1 aliphatic heterocycles. The minimum atomic E-state index is -0.429.